The summed E-state index contributed by atoms with van der Waals surface area (Å²) in [7, 11) is 0. The number of carbonyl (C=O) groups excluding carboxylic acids is 1. The second-order valence-corrected chi connectivity index (χ2v) is 3.64. The summed E-state index contributed by atoms with van der Waals surface area (Å²) in [6.07, 6.45) is 0. The second-order valence-electron chi connectivity index (χ2n) is 3.64. The SMILES string of the molecule is Cc1nn(-c2ccc(C(N)=O)nn2)c(C)c1N. The lowest BCUT2D eigenvalue weighted by Gasteiger charge is -2.02. The molecule has 0 aromatic carbocycles. The summed E-state index contributed by atoms with van der Waals surface area (Å²) >= 11 is 0. The van der Waals surface area contributed by atoms with Gasteiger partial charge in [0.05, 0.1) is 17.1 Å². The van der Waals surface area contributed by atoms with Gasteiger partial charge in [-0.1, -0.05) is 0 Å². The van der Waals surface area contributed by atoms with E-state index in [9.17, 15) is 4.79 Å². The van der Waals surface area contributed by atoms with Crippen molar-refractivity contribution >= 4 is 11.6 Å². The Morgan fingerprint density at radius 1 is 1.29 bits per heavy atom. The van der Waals surface area contributed by atoms with Crippen molar-refractivity contribution in [2.45, 2.75) is 13.8 Å². The van der Waals surface area contributed by atoms with E-state index in [2.05, 4.69) is 15.3 Å². The lowest BCUT2D eigenvalue weighted by atomic mass is 10.3. The molecule has 2 aromatic rings. The maximum Gasteiger partial charge on any atom is 0.269 e. The highest BCUT2D eigenvalue weighted by molar-refractivity contribution is 5.90. The van der Waals surface area contributed by atoms with Crippen LogP contribution in [0.2, 0.25) is 0 Å². The molecule has 2 aromatic heterocycles. The van der Waals surface area contributed by atoms with Crippen molar-refractivity contribution in [1.82, 2.24) is 20.0 Å². The minimum absolute atomic E-state index is 0.114. The molecule has 0 aliphatic heterocycles. The topological polar surface area (TPSA) is 113 Å². The van der Waals surface area contributed by atoms with Crippen LogP contribution in [0, 0.1) is 13.8 Å². The zero-order valence-corrected chi connectivity index (χ0v) is 9.51. The van der Waals surface area contributed by atoms with Crippen molar-refractivity contribution in [1.29, 1.82) is 0 Å². The summed E-state index contributed by atoms with van der Waals surface area (Å²) in [5, 5.41) is 11.8. The lowest BCUT2D eigenvalue weighted by molar-refractivity contribution is 0.0994. The van der Waals surface area contributed by atoms with Crippen molar-refractivity contribution in [3.8, 4) is 5.82 Å². The average Bonchev–Trinajstić information content (AvgIpc) is 2.57. The van der Waals surface area contributed by atoms with Gasteiger partial charge in [-0.15, -0.1) is 10.2 Å². The highest BCUT2D eigenvalue weighted by Gasteiger charge is 2.11. The van der Waals surface area contributed by atoms with Crippen LogP contribution in [0.3, 0.4) is 0 Å². The van der Waals surface area contributed by atoms with E-state index in [1.54, 1.807) is 10.7 Å². The highest BCUT2D eigenvalue weighted by atomic mass is 16.1. The molecule has 2 rings (SSSR count). The Balaban J connectivity index is 2.47. The Morgan fingerprint density at radius 3 is 2.41 bits per heavy atom. The van der Waals surface area contributed by atoms with Gasteiger partial charge in [0.2, 0.25) is 0 Å². The van der Waals surface area contributed by atoms with Crippen molar-refractivity contribution in [3.63, 3.8) is 0 Å². The fraction of sp³-hybridized carbons (Fsp3) is 0.200. The van der Waals surface area contributed by atoms with Crippen LogP contribution in [0.1, 0.15) is 21.9 Å². The Hall–Kier alpha value is -2.44. The average molecular weight is 232 g/mol. The minimum Gasteiger partial charge on any atom is -0.396 e. The molecular formula is C10H12N6O. The van der Waals surface area contributed by atoms with Crippen LogP contribution in [-0.4, -0.2) is 25.9 Å². The standard InChI is InChI=1S/C10H12N6O/c1-5-9(11)6(2)16(15-5)8-4-3-7(10(12)17)13-14-8/h3-4H,11H2,1-2H3,(H2,12,17). The third kappa shape index (κ3) is 1.82. The van der Waals surface area contributed by atoms with E-state index < -0.39 is 5.91 Å². The van der Waals surface area contributed by atoms with Crippen molar-refractivity contribution in [2.75, 3.05) is 5.73 Å². The first kappa shape index (κ1) is 11.1. The van der Waals surface area contributed by atoms with Gasteiger partial charge in [-0.3, -0.25) is 4.79 Å². The number of primary amides is 1. The summed E-state index contributed by atoms with van der Waals surface area (Å²) in [4.78, 5) is 10.9. The van der Waals surface area contributed by atoms with E-state index in [0.29, 0.717) is 11.5 Å². The smallest absolute Gasteiger partial charge is 0.269 e. The first-order valence-corrected chi connectivity index (χ1v) is 4.96. The third-order valence-corrected chi connectivity index (χ3v) is 2.47. The number of nitrogens with two attached hydrogens (primary N) is 2. The van der Waals surface area contributed by atoms with Gasteiger partial charge in [0.1, 0.15) is 0 Å². The molecule has 7 nitrogen and oxygen atoms in total. The van der Waals surface area contributed by atoms with Gasteiger partial charge in [0.15, 0.2) is 11.5 Å². The summed E-state index contributed by atoms with van der Waals surface area (Å²) in [5.41, 5.74) is 13.1. The molecule has 88 valence electrons. The molecule has 0 spiro atoms. The van der Waals surface area contributed by atoms with Gasteiger partial charge in [-0.05, 0) is 26.0 Å². The van der Waals surface area contributed by atoms with Crippen LogP contribution in [0.5, 0.6) is 0 Å². The van der Waals surface area contributed by atoms with E-state index in [-0.39, 0.29) is 5.69 Å². The highest BCUT2D eigenvalue weighted by Crippen LogP contribution is 2.17. The Kier molecular flexibility index (Phi) is 2.51. The Labute approximate surface area is 97.4 Å². The largest absolute Gasteiger partial charge is 0.396 e. The number of nitrogens with zero attached hydrogens (tertiary/aromatic N) is 4. The predicted molar refractivity (Wildman–Crippen MR) is 61.6 cm³/mol. The summed E-state index contributed by atoms with van der Waals surface area (Å²) in [6, 6.07) is 3.11. The van der Waals surface area contributed by atoms with Gasteiger partial charge in [-0.25, -0.2) is 4.68 Å². The number of amides is 1. The molecule has 7 heteroatoms. The molecule has 0 fully saturated rings. The first-order valence-electron chi connectivity index (χ1n) is 4.96. The molecule has 0 aliphatic rings. The van der Waals surface area contributed by atoms with Crippen molar-refractivity contribution in [2.24, 2.45) is 5.73 Å². The molecule has 0 saturated heterocycles. The summed E-state index contributed by atoms with van der Waals surface area (Å²) < 4.78 is 1.57. The fourth-order valence-electron chi connectivity index (χ4n) is 1.45. The van der Waals surface area contributed by atoms with E-state index >= 15 is 0 Å². The molecule has 4 N–H and O–H groups in total. The monoisotopic (exact) mass is 232 g/mol. The van der Waals surface area contributed by atoms with Gasteiger partial charge in [0, 0.05) is 0 Å². The second kappa shape index (κ2) is 3.85. The van der Waals surface area contributed by atoms with Crippen LogP contribution in [0.15, 0.2) is 12.1 Å². The van der Waals surface area contributed by atoms with Crippen LogP contribution in [-0.2, 0) is 0 Å². The van der Waals surface area contributed by atoms with E-state index in [1.807, 2.05) is 13.8 Å². The molecule has 1 amide bonds. The summed E-state index contributed by atoms with van der Waals surface area (Å²) in [6.45, 7) is 3.64. The molecule has 0 aliphatic carbocycles. The zero-order chi connectivity index (χ0) is 12.6. The van der Waals surface area contributed by atoms with E-state index in [4.69, 9.17) is 11.5 Å². The maximum atomic E-state index is 10.9. The van der Waals surface area contributed by atoms with Gasteiger partial charge < -0.3 is 11.5 Å². The lowest BCUT2D eigenvalue weighted by Crippen LogP contribution is -2.14. The Morgan fingerprint density at radius 2 is 2.00 bits per heavy atom. The van der Waals surface area contributed by atoms with Crippen molar-refractivity contribution in [3.05, 3.63) is 29.2 Å². The zero-order valence-electron chi connectivity index (χ0n) is 9.51. The number of nitrogen functional groups attached to an aromatic ring is 1. The van der Waals surface area contributed by atoms with Crippen LogP contribution in [0.4, 0.5) is 5.69 Å². The number of aryl methyl sites for hydroxylation is 1. The predicted octanol–water partition coefficient (Wildman–Crippen LogP) is -0.0398. The van der Waals surface area contributed by atoms with E-state index in [1.165, 1.54) is 6.07 Å². The molecule has 0 saturated carbocycles. The van der Waals surface area contributed by atoms with Crippen LogP contribution < -0.4 is 11.5 Å². The Bertz CT molecular complexity index is 571. The minimum atomic E-state index is -0.614. The normalized spacial score (nSPS) is 10.5. The number of hydrogen-bond acceptors (Lipinski definition) is 5. The maximum absolute atomic E-state index is 10.9. The number of aromatic nitrogens is 4. The molecular weight excluding hydrogens is 220 g/mol. The van der Waals surface area contributed by atoms with Gasteiger partial charge in [0.25, 0.3) is 5.91 Å². The molecule has 0 unspecified atom stereocenters. The molecule has 0 radical (unpaired) electrons. The van der Waals surface area contributed by atoms with Crippen molar-refractivity contribution < 1.29 is 4.79 Å². The molecule has 0 bridgehead atoms. The van der Waals surface area contributed by atoms with Gasteiger partial charge >= 0.3 is 0 Å². The fourth-order valence-corrected chi connectivity index (χ4v) is 1.45. The number of carbonyl (C=O) groups is 1. The third-order valence-electron chi connectivity index (χ3n) is 2.47. The first-order chi connectivity index (χ1) is 8.00. The quantitative estimate of drug-likeness (QED) is 0.754. The number of anilines is 1. The van der Waals surface area contributed by atoms with Gasteiger partial charge in [-0.2, -0.15) is 5.10 Å². The van der Waals surface area contributed by atoms with Crippen LogP contribution in [0.25, 0.3) is 5.82 Å². The number of hydrogen-bond donors (Lipinski definition) is 2. The molecule has 17 heavy (non-hydrogen) atoms. The van der Waals surface area contributed by atoms with E-state index in [0.717, 1.165) is 11.4 Å². The molecule has 0 atom stereocenters. The number of rotatable bonds is 2. The molecule has 2 heterocycles. The summed E-state index contributed by atoms with van der Waals surface area (Å²) in [5.74, 6) is -0.121. The van der Waals surface area contributed by atoms with Crippen LogP contribution >= 0.6 is 0 Å².